The fourth-order valence-corrected chi connectivity index (χ4v) is 4.37. The van der Waals surface area contributed by atoms with Gasteiger partial charge in [0, 0.05) is 11.6 Å². The van der Waals surface area contributed by atoms with E-state index >= 15 is 0 Å². The van der Waals surface area contributed by atoms with Crippen LogP contribution in [0.1, 0.15) is 52.5 Å². The summed E-state index contributed by atoms with van der Waals surface area (Å²) in [6.45, 7) is 8.76. The maximum absolute atomic E-state index is 12.9. The summed E-state index contributed by atoms with van der Waals surface area (Å²) in [6, 6.07) is 10.5. The average molecular weight is 429 g/mol. The first-order valence-corrected chi connectivity index (χ1v) is 11.1. The van der Waals surface area contributed by atoms with Gasteiger partial charge in [-0.15, -0.1) is 0 Å². The van der Waals surface area contributed by atoms with Crippen molar-refractivity contribution in [2.75, 3.05) is 5.32 Å². The molecule has 0 radical (unpaired) electrons. The number of hydrogen-bond acceptors (Lipinski definition) is 4. The third-order valence-corrected chi connectivity index (χ3v) is 6.25. The SMILES string of the molecule is Cc1ccc(Cn2nc(C)c(NC(=O)Cn3nc(C)c4c(C5CC5)ccnc43)c2C)cc1. The molecule has 0 spiro atoms. The zero-order chi connectivity index (χ0) is 22.4. The molecule has 32 heavy (non-hydrogen) atoms. The molecule has 0 bridgehead atoms. The Morgan fingerprint density at radius 3 is 2.44 bits per heavy atom. The van der Waals surface area contributed by atoms with Crippen LogP contribution in [-0.4, -0.2) is 30.5 Å². The van der Waals surface area contributed by atoms with Crippen molar-refractivity contribution in [3.8, 4) is 0 Å². The van der Waals surface area contributed by atoms with Crippen LogP contribution in [0.5, 0.6) is 0 Å². The Balaban J connectivity index is 1.35. The molecular formula is C25H28N6O. The second kappa shape index (κ2) is 7.89. The number of anilines is 1. The molecule has 7 heteroatoms. The molecule has 7 nitrogen and oxygen atoms in total. The highest BCUT2D eigenvalue weighted by molar-refractivity contribution is 5.93. The lowest BCUT2D eigenvalue weighted by atomic mass is 10.1. The molecule has 1 N–H and O–H groups in total. The predicted molar refractivity (Wildman–Crippen MR) is 125 cm³/mol. The highest BCUT2D eigenvalue weighted by Crippen LogP contribution is 2.43. The van der Waals surface area contributed by atoms with Crippen LogP contribution in [0.15, 0.2) is 36.5 Å². The summed E-state index contributed by atoms with van der Waals surface area (Å²) < 4.78 is 3.65. The minimum atomic E-state index is -0.130. The van der Waals surface area contributed by atoms with Gasteiger partial charge < -0.3 is 5.32 Å². The molecular weight excluding hydrogens is 400 g/mol. The van der Waals surface area contributed by atoms with Gasteiger partial charge in [0.15, 0.2) is 5.65 Å². The number of hydrogen-bond donors (Lipinski definition) is 1. The monoisotopic (exact) mass is 428 g/mol. The van der Waals surface area contributed by atoms with E-state index in [1.807, 2.05) is 31.6 Å². The van der Waals surface area contributed by atoms with Crippen LogP contribution in [0.3, 0.4) is 0 Å². The average Bonchev–Trinajstić information content (AvgIpc) is 3.53. The van der Waals surface area contributed by atoms with E-state index in [-0.39, 0.29) is 12.5 Å². The van der Waals surface area contributed by atoms with E-state index in [4.69, 9.17) is 0 Å². The lowest BCUT2D eigenvalue weighted by Gasteiger charge is -2.08. The third kappa shape index (κ3) is 3.79. The summed E-state index contributed by atoms with van der Waals surface area (Å²) in [5.41, 5.74) is 7.94. The smallest absolute Gasteiger partial charge is 0.246 e. The van der Waals surface area contributed by atoms with Crippen molar-refractivity contribution in [3.63, 3.8) is 0 Å². The van der Waals surface area contributed by atoms with Crippen LogP contribution in [0.4, 0.5) is 5.69 Å². The minimum Gasteiger partial charge on any atom is -0.321 e. The summed E-state index contributed by atoms with van der Waals surface area (Å²) in [6.07, 6.45) is 4.26. The van der Waals surface area contributed by atoms with Crippen LogP contribution < -0.4 is 5.32 Å². The normalized spacial score (nSPS) is 13.6. The molecule has 1 aliphatic carbocycles. The number of carbonyl (C=O) groups excluding carboxylic acids is 1. The summed E-state index contributed by atoms with van der Waals surface area (Å²) >= 11 is 0. The molecule has 3 heterocycles. The standard InChI is InChI=1S/C25H28N6O/c1-15-5-7-19(8-6-15)13-30-18(4)24(17(3)29-30)27-22(32)14-31-25-23(16(2)28-31)21(11-12-26-25)20-9-10-20/h5-8,11-12,20H,9-10,13-14H2,1-4H3,(H,27,32). The first kappa shape index (κ1) is 20.4. The van der Waals surface area contributed by atoms with Gasteiger partial charge in [0.25, 0.3) is 0 Å². The van der Waals surface area contributed by atoms with E-state index in [1.54, 1.807) is 4.68 Å². The molecule has 5 rings (SSSR count). The van der Waals surface area contributed by atoms with Crippen molar-refractivity contribution in [2.45, 2.75) is 59.5 Å². The number of nitrogens with zero attached hydrogens (tertiary/aromatic N) is 5. The van der Waals surface area contributed by atoms with Crippen LogP contribution in [-0.2, 0) is 17.9 Å². The van der Waals surface area contributed by atoms with E-state index < -0.39 is 0 Å². The van der Waals surface area contributed by atoms with Crippen molar-refractivity contribution in [1.29, 1.82) is 0 Å². The van der Waals surface area contributed by atoms with E-state index in [0.717, 1.165) is 33.8 Å². The summed E-state index contributed by atoms with van der Waals surface area (Å²) in [4.78, 5) is 17.5. The molecule has 1 aromatic carbocycles. The Morgan fingerprint density at radius 1 is 1.00 bits per heavy atom. The third-order valence-electron chi connectivity index (χ3n) is 6.25. The fraction of sp³-hybridized carbons (Fsp3) is 0.360. The molecule has 0 saturated heterocycles. The van der Waals surface area contributed by atoms with Gasteiger partial charge in [-0.1, -0.05) is 29.8 Å². The van der Waals surface area contributed by atoms with Crippen LogP contribution in [0.25, 0.3) is 11.0 Å². The number of aryl methyl sites for hydroxylation is 3. The molecule has 164 valence electrons. The first-order valence-electron chi connectivity index (χ1n) is 11.1. The largest absolute Gasteiger partial charge is 0.321 e. The van der Waals surface area contributed by atoms with Gasteiger partial charge in [0.2, 0.25) is 5.91 Å². The number of rotatable bonds is 6. The lowest BCUT2D eigenvalue weighted by Crippen LogP contribution is -2.20. The van der Waals surface area contributed by atoms with Gasteiger partial charge in [-0.3, -0.25) is 9.48 Å². The number of pyridine rings is 1. The maximum atomic E-state index is 12.9. The van der Waals surface area contributed by atoms with E-state index in [0.29, 0.717) is 12.5 Å². The Bertz CT molecular complexity index is 1310. The number of benzene rings is 1. The predicted octanol–water partition coefficient (Wildman–Crippen LogP) is 4.43. The van der Waals surface area contributed by atoms with Crippen molar-refractivity contribution in [2.24, 2.45) is 0 Å². The Hall–Kier alpha value is -3.48. The lowest BCUT2D eigenvalue weighted by molar-refractivity contribution is -0.116. The second-order valence-corrected chi connectivity index (χ2v) is 8.85. The topological polar surface area (TPSA) is 77.6 Å². The molecule has 1 saturated carbocycles. The van der Waals surface area contributed by atoms with E-state index in [2.05, 4.69) is 57.8 Å². The van der Waals surface area contributed by atoms with Crippen LogP contribution in [0.2, 0.25) is 0 Å². The molecule has 1 aliphatic rings. The zero-order valence-corrected chi connectivity index (χ0v) is 19.0. The Kier molecular flexibility index (Phi) is 5.04. The molecule has 3 aromatic heterocycles. The van der Waals surface area contributed by atoms with Gasteiger partial charge in [-0.2, -0.15) is 10.2 Å². The molecule has 0 atom stereocenters. The van der Waals surface area contributed by atoms with Crippen LogP contribution in [0, 0.1) is 27.7 Å². The summed E-state index contributed by atoms with van der Waals surface area (Å²) in [5, 5.41) is 13.4. The Labute approximate surface area is 187 Å². The Morgan fingerprint density at radius 2 is 1.72 bits per heavy atom. The van der Waals surface area contributed by atoms with Crippen molar-refractivity contribution >= 4 is 22.6 Å². The molecule has 0 unspecified atom stereocenters. The van der Waals surface area contributed by atoms with Crippen molar-refractivity contribution < 1.29 is 4.79 Å². The van der Waals surface area contributed by atoms with Crippen LogP contribution >= 0.6 is 0 Å². The second-order valence-electron chi connectivity index (χ2n) is 8.85. The molecule has 0 aliphatic heterocycles. The number of carbonyl (C=O) groups is 1. The highest BCUT2D eigenvalue weighted by atomic mass is 16.2. The van der Waals surface area contributed by atoms with Gasteiger partial charge in [0.1, 0.15) is 6.54 Å². The number of fused-ring (bicyclic) bond motifs is 1. The van der Waals surface area contributed by atoms with Crippen molar-refractivity contribution in [3.05, 3.63) is 70.3 Å². The van der Waals surface area contributed by atoms with Gasteiger partial charge in [-0.25, -0.2) is 9.67 Å². The molecule has 4 aromatic rings. The van der Waals surface area contributed by atoms with E-state index in [9.17, 15) is 4.79 Å². The molecule has 1 fully saturated rings. The van der Waals surface area contributed by atoms with Gasteiger partial charge in [0.05, 0.1) is 29.3 Å². The maximum Gasteiger partial charge on any atom is 0.246 e. The number of aromatic nitrogens is 5. The quantitative estimate of drug-likeness (QED) is 0.493. The summed E-state index contributed by atoms with van der Waals surface area (Å²) in [5.74, 6) is 0.476. The van der Waals surface area contributed by atoms with E-state index in [1.165, 1.54) is 29.5 Å². The number of nitrogens with one attached hydrogen (secondary N) is 1. The van der Waals surface area contributed by atoms with Gasteiger partial charge in [-0.05, 0) is 63.6 Å². The summed E-state index contributed by atoms with van der Waals surface area (Å²) in [7, 11) is 0. The molecule has 1 amide bonds. The first-order chi connectivity index (χ1) is 15.4. The van der Waals surface area contributed by atoms with Gasteiger partial charge >= 0.3 is 0 Å². The van der Waals surface area contributed by atoms with Crippen molar-refractivity contribution in [1.82, 2.24) is 24.5 Å². The zero-order valence-electron chi connectivity index (χ0n) is 19.0. The number of amides is 1. The highest BCUT2D eigenvalue weighted by Gasteiger charge is 2.28. The minimum absolute atomic E-state index is 0.119. The fourth-order valence-electron chi connectivity index (χ4n) is 4.37.